The molecule has 0 aromatic heterocycles. The number of aryl methyl sites for hydroxylation is 2. The first-order valence-electron chi connectivity index (χ1n) is 3.87. The quantitative estimate of drug-likeness (QED) is 0.485. The van der Waals surface area contributed by atoms with Gasteiger partial charge in [0.1, 0.15) is 0 Å². The van der Waals surface area contributed by atoms with E-state index in [9.17, 15) is 0 Å². The summed E-state index contributed by atoms with van der Waals surface area (Å²) >= 11 is 0. The molecule has 0 atom stereocenters. The predicted molar refractivity (Wildman–Crippen MR) is 51.1 cm³/mol. The Morgan fingerprint density at radius 3 is 2.33 bits per heavy atom. The number of hydrogen-bond donors (Lipinski definition) is 0. The van der Waals surface area contributed by atoms with Gasteiger partial charge in [-0.1, -0.05) is 18.2 Å². The SMILES string of the molecule is COC=Nc1c(C)cccc1C. The Labute approximate surface area is 72.9 Å². The van der Waals surface area contributed by atoms with Gasteiger partial charge in [-0.25, -0.2) is 4.99 Å². The largest absolute Gasteiger partial charge is 0.486 e. The van der Waals surface area contributed by atoms with Crippen LogP contribution in [0.2, 0.25) is 0 Å². The van der Waals surface area contributed by atoms with Crippen LogP contribution < -0.4 is 0 Å². The molecule has 0 unspecified atom stereocenters. The average molecular weight is 163 g/mol. The third-order valence-corrected chi connectivity index (χ3v) is 1.73. The first-order valence-corrected chi connectivity index (χ1v) is 3.87. The summed E-state index contributed by atoms with van der Waals surface area (Å²) in [7, 11) is 1.59. The molecule has 2 nitrogen and oxygen atoms in total. The van der Waals surface area contributed by atoms with Crippen molar-refractivity contribution in [2.24, 2.45) is 4.99 Å². The van der Waals surface area contributed by atoms with E-state index in [0.29, 0.717) is 0 Å². The molecule has 64 valence electrons. The second kappa shape index (κ2) is 3.90. The maximum atomic E-state index is 4.76. The Bertz CT molecular complexity index is 272. The van der Waals surface area contributed by atoms with Crippen molar-refractivity contribution < 1.29 is 4.74 Å². The number of aliphatic imine (C=N–C) groups is 1. The molecule has 1 rings (SSSR count). The van der Waals surface area contributed by atoms with Crippen LogP contribution in [0.5, 0.6) is 0 Å². The van der Waals surface area contributed by atoms with Crippen molar-refractivity contribution in [3.63, 3.8) is 0 Å². The lowest BCUT2D eigenvalue weighted by molar-refractivity contribution is 0.423. The van der Waals surface area contributed by atoms with E-state index in [0.717, 1.165) is 5.69 Å². The normalized spacial score (nSPS) is 10.6. The second-order valence-corrected chi connectivity index (χ2v) is 2.71. The molecular weight excluding hydrogens is 150 g/mol. The summed E-state index contributed by atoms with van der Waals surface area (Å²) in [6.07, 6.45) is 1.45. The molecule has 0 aliphatic rings. The van der Waals surface area contributed by atoms with Crippen molar-refractivity contribution in [3.8, 4) is 0 Å². The van der Waals surface area contributed by atoms with Crippen LogP contribution in [-0.4, -0.2) is 13.5 Å². The summed E-state index contributed by atoms with van der Waals surface area (Å²) in [5, 5.41) is 0. The molecule has 12 heavy (non-hydrogen) atoms. The van der Waals surface area contributed by atoms with Crippen LogP contribution >= 0.6 is 0 Å². The van der Waals surface area contributed by atoms with Gasteiger partial charge >= 0.3 is 0 Å². The highest BCUT2D eigenvalue weighted by Crippen LogP contribution is 2.22. The zero-order valence-corrected chi connectivity index (χ0v) is 7.66. The molecule has 0 N–H and O–H groups in total. The second-order valence-electron chi connectivity index (χ2n) is 2.71. The van der Waals surface area contributed by atoms with E-state index in [1.54, 1.807) is 7.11 Å². The molecule has 0 saturated carbocycles. The highest BCUT2D eigenvalue weighted by atomic mass is 16.5. The van der Waals surface area contributed by atoms with Crippen molar-refractivity contribution in [1.29, 1.82) is 0 Å². The number of ether oxygens (including phenoxy) is 1. The minimum absolute atomic E-state index is 0.999. The van der Waals surface area contributed by atoms with Crippen LogP contribution in [0.25, 0.3) is 0 Å². The Hall–Kier alpha value is -1.31. The molecular formula is C10H13NO. The van der Waals surface area contributed by atoms with Crippen LogP contribution in [0.3, 0.4) is 0 Å². The van der Waals surface area contributed by atoms with E-state index < -0.39 is 0 Å². The van der Waals surface area contributed by atoms with E-state index in [4.69, 9.17) is 4.74 Å². The molecule has 0 bridgehead atoms. The average Bonchev–Trinajstić information content (AvgIpc) is 2.04. The van der Waals surface area contributed by atoms with Gasteiger partial charge in [0, 0.05) is 0 Å². The topological polar surface area (TPSA) is 21.6 Å². The fourth-order valence-corrected chi connectivity index (χ4v) is 1.11. The summed E-state index contributed by atoms with van der Waals surface area (Å²) in [5.74, 6) is 0. The summed E-state index contributed by atoms with van der Waals surface area (Å²) in [6, 6.07) is 6.10. The molecule has 0 saturated heterocycles. The van der Waals surface area contributed by atoms with Crippen LogP contribution in [0.15, 0.2) is 23.2 Å². The monoisotopic (exact) mass is 163 g/mol. The fraction of sp³-hybridized carbons (Fsp3) is 0.300. The Morgan fingerprint density at radius 1 is 1.25 bits per heavy atom. The Kier molecular flexibility index (Phi) is 2.86. The Balaban J connectivity index is 3.04. The maximum Gasteiger partial charge on any atom is 0.174 e. The molecule has 1 aromatic rings. The number of hydrogen-bond acceptors (Lipinski definition) is 2. The molecule has 0 spiro atoms. The summed E-state index contributed by atoms with van der Waals surface area (Å²) in [4.78, 5) is 4.18. The van der Waals surface area contributed by atoms with Crippen molar-refractivity contribution in [2.45, 2.75) is 13.8 Å². The van der Waals surface area contributed by atoms with E-state index >= 15 is 0 Å². The lowest BCUT2D eigenvalue weighted by Crippen LogP contribution is -1.81. The van der Waals surface area contributed by atoms with Gasteiger partial charge in [0.05, 0.1) is 12.8 Å². The van der Waals surface area contributed by atoms with Crippen molar-refractivity contribution in [1.82, 2.24) is 0 Å². The maximum absolute atomic E-state index is 4.76. The molecule has 0 aliphatic heterocycles. The number of rotatable bonds is 2. The van der Waals surface area contributed by atoms with Crippen LogP contribution in [-0.2, 0) is 4.74 Å². The van der Waals surface area contributed by atoms with Gasteiger partial charge in [-0.15, -0.1) is 0 Å². The number of methoxy groups -OCH3 is 1. The third-order valence-electron chi connectivity index (χ3n) is 1.73. The summed E-state index contributed by atoms with van der Waals surface area (Å²) in [6.45, 7) is 4.07. The van der Waals surface area contributed by atoms with Crippen molar-refractivity contribution in [3.05, 3.63) is 29.3 Å². The van der Waals surface area contributed by atoms with E-state index in [2.05, 4.69) is 4.99 Å². The Morgan fingerprint density at radius 2 is 1.83 bits per heavy atom. The zero-order valence-electron chi connectivity index (χ0n) is 7.66. The van der Waals surface area contributed by atoms with Gasteiger partial charge in [0.2, 0.25) is 0 Å². The minimum atomic E-state index is 0.999. The van der Waals surface area contributed by atoms with Crippen molar-refractivity contribution in [2.75, 3.05) is 7.11 Å². The van der Waals surface area contributed by atoms with Gasteiger partial charge in [0.25, 0.3) is 0 Å². The highest BCUT2D eigenvalue weighted by molar-refractivity contribution is 5.61. The molecule has 0 amide bonds. The molecule has 2 heteroatoms. The van der Waals surface area contributed by atoms with Crippen LogP contribution in [0.1, 0.15) is 11.1 Å². The zero-order chi connectivity index (χ0) is 8.97. The van der Waals surface area contributed by atoms with E-state index in [1.807, 2.05) is 32.0 Å². The first-order chi connectivity index (χ1) is 5.75. The molecule has 0 aliphatic carbocycles. The number of nitrogens with zero attached hydrogens (tertiary/aromatic N) is 1. The molecule has 0 fully saturated rings. The van der Waals surface area contributed by atoms with Gasteiger partial charge < -0.3 is 4.74 Å². The molecule has 1 aromatic carbocycles. The summed E-state index contributed by atoms with van der Waals surface area (Å²) in [5.41, 5.74) is 3.34. The van der Waals surface area contributed by atoms with Crippen molar-refractivity contribution >= 4 is 12.1 Å². The van der Waals surface area contributed by atoms with E-state index in [-0.39, 0.29) is 0 Å². The lowest BCUT2D eigenvalue weighted by Gasteiger charge is -2.02. The van der Waals surface area contributed by atoms with Gasteiger partial charge in [-0.2, -0.15) is 0 Å². The summed E-state index contributed by atoms with van der Waals surface area (Å²) < 4.78 is 4.76. The smallest absolute Gasteiger partial charge is 0.174 e. The number of benzene rings is 1. The van der Waals surface area contributed by atoms with Gasteiger partial charge in [0.15, 0.2) is 6.40 Å². The third kappa shape index (κ3) is 1.84. The minimum Gasteiger partial charge on any atom is -0.486 e. The predicted octanol–water partition coefficient (Wildman–Crippen LogP) is 2.61. The fourth-order valence-electron chi connectivity index (χ4n) is 1.11. The first kappa shape index (κ1) is 8.78. The van der Waals surface area contributed by atoms with Gasteiger partial charge in [-0.05, 0) is 25.0 Å². The lowest BCUT2D eigenvalue weighted by atomic mass is 10.1. The standard InChI is InChI=1S/C10H13NO/c1-8-5-4-6-9(2)10(8)11-7-12-3/h4-7H,1-3H3. The van der Waals surface area contributed by atoms with Crippen LogP contribution in [0, 0.1) is 13.8 Å². The molecule has 0 heterocycles. The molecule has 0 radical (unpaired) electrons. The van der Waals surface area contributed by atoms with Crippen LogP contribution in [0.4, 0.5) is 5.69 Å². The van der Waals surface area contributed by atoms with E-state index in [1.165, 1.54) is 17.5 Å². The van der Waals surface area contributed by atoms with Gasteiger partial charge in [-0.3, -0.25) is 0 Å². The highest BCUT2D eigenvalue weighted by Gasteiger charge is 1.97. The number of para-hydroxylation sites is 1.